The first-order valence-electron chi connectivity index (χ1n) is 7.43. The topological polar surface area (TPSA) is 72.9 Å². The molecule has 2 aliphatic heterocycles. The minimum Gasteiger partial charge on any atom is -0.481 e. The maximum absolute atomic E-state index is 12.2. The van der Waals surface area contributed by atoms with E-state index >= 15 is 0 Å². The molecule has 0 bridgehead atoms. The molecule has 0 aromatic carbocycles. The molecule has 0 radical (unpaired) electrons. The van der Waals surface area contributed by atoms with Gasteiger partial charge in [0.25, 0.3) is 0 Å². The molecule has 6 nitrogen and oxygen atoms in total. The number of hydrogen-bond donors (Lipinski definition) is 2. The van der Waals surface area contributed by atoms with Crippen molar-refractivity contribution >= 4 is 12.0 Å². The van der Waals surface area contributed by atoms with Gasteiger partial charge in [-0.05, 0) is 39.2 Å². The van der Waals surface area contributed by atoms with Crippen molar-refractivity contribution in [3.8, 4) is 0 Å². The number of rotatable bonds is 3. The van der Waals surface area contributed by atoms with Crippen LogP contribution in [0, 0.1) is 5.92 Å². The van der Waals surface area contributed by atoms with Gasteiger partial charge in [0.2, 0.25) is 0 Å². The summed E-state index contributed by atoms with van der Waals surface area (Å²) >= 11 is 0. The molecule has 2 N–H and O–H groups in total. The van der Waals surface area contributed by atoms with Crippen molar-refractivity contribution < 1.29 is 14.7 Å². The molecule has 2 rings (SSSR count). The number of urea groups is 1. The molecule has 2 fully saturated rings. The first-order valence-corrected chi connectivity index (χ1v) is 7.43. The second-order valence-electron chi connectivity index (χ2n) is 6.20. The summed E-state index contributed by atoms with van der Waals surface area (Å²) in [6.45, 7) is 4.43. The van der Waals surface area contributed by atoms with Crippen LogP contribution in [0.2, 0.25) is 0 Å². The summed E-state index contributed by atoms with van der Waals surface area (Å²) in [4.78, 5) is 26.9. The minimum atomic E-state index is -0.776. The quantitative estimate of drug-likeness (QED) is 0.809. The average Bonchev–Trinajstić information content (AvgIpc) is 2.81. The van der Waals surface area contributed by atoms with E-state index in [1.165, 1.54) is 0 Å². The lowest BCUT2D eigenvalue weighted by molar-refractivity contribution is -0.138. The fourth-order valence-corrected chi connectivity index (χ4v) is 3.12. The molecule has 3 atom stereocenters. The Hall–Kier alpha value is -1.30. The molecule has 0 spiro atoms. The monoisotopic (exact) mass is 283 g/mol. The van der Waals surface area contributed by atoms with Gasteiger partial charge >= 0.3 is 12.0 Å². The first kappa shape index (κ1) is 15.1. The van der Waals surface area contributed by atoms with Crippen molar-refractivity contribution in [1.82, 2.24) is 15.1 Å². The molecule has 2 amide bonds. The van der Waals surface area contributed by atoms with Gasteiger partial charge in [-0.3, -0.25) is 4.79 Å². The predicted molar refractivity (Wildman–Crippen MR) is 75.6 cm³/mol. The highest BCUT2D eigenvalue weighted by molar-refractivity contribution is 5.75. The third-order valence-electron chi connectivity index (χ3n) is 4.57. The van der Waals surface area contributed by atoms with Gasteiger partial charge in [0.05, 0.1) is 0 Å². The summed E-state index contributed by atoms with van der Waals surface area (Å²) in [6.07, 6.45) is 2.92. The number of nitrogens with zero attached hydrogens (tertiary/aromatic N) is 2. The minimum absolute atomic E-state index is 0.0281. The van der Waals surface area contributed by atoms with E-state index in [2.05, 4.69) is 24.2 Å². The van der Waals surface area contributed by atoms with E-state index in [0.29, 0.717) is 19.1 Å². The van der Waals surface area contributed by atoms with Crippen molar-refractivity contribution in [2.75, 3.05) is 26.7 Å². The maximum atomic E-state index is 12.2. The van der Waals surface area contributed by atoms with Gasteiger partial charge < -0.3 is 20.2 Å². The Bertz CT molecular complexity index is 375. The Morgan fingerprint density at radius 2 is 2.05 bits per heavy atom. The van der Waals surface area contributed by atoms with Crippen LogP contribution in [-0.2, 0) is 4.79 Å². The van der Waals surface area contributed by atoms with Crippen molar-refractivity contribution in [1.29, 1.82) is 0 Å². The lowest BCUT2D eigenvalue weighted by Crippen LogP contribution is -2.50. The van der Waals surface area contributed by atoms with E-state index in [9.17, 15) is 9.59 Å². The third-order valence-corrected chi connectivity index (χ3v) is 4.57. The molecule has 20 heavy (non-hydrogen) atoms. The molecule has 2 saturated heterocycles. The van der Waals surface area contributed by atoms with E-state index in [1.807, 2.05) is 0 Å². The van der Waals surface area contributed by atoms with Gasteiger partial charge in [0.15, 0.2) is 0 Å². The van der Waals surface area contributed by atoms with Gasteiger partial charge in [-0.25, -0.2) is 4.79 Å². The SMILES string of the molecule is CC1CC(NC(=O)N2CCC(CC(=O)O)C2)CCN1C. The summed E-state index contributed by atoms with van der Waals surface area (Å²) < 4.78 is 0. The fourth-order valence-electron chi connectivity index (χ4n) is 3.12. The predicted octanol–water partition coefficient (Wildman–Crippen LogP) is 0.975. The normalized spacial score (nSPS) is 31.3. The molecule has 0 aliphatic carbocycles. The smallest absolute Gasteiger partial charge is 0.317 e. The van der Waals surface area contributed by atoms with Gasteiger partial charge in [-0.1, -0.05) is 0 Å². The van der Waals surface area contributed by atoms with Crippen molar-refractivity contribution in [2.45, 2.75) is 44.7 Å². The molecule has 0 aromatic rings. The summed E-state index contributed by atoms with van der Waals surface area (Å²) in [5, 5.41) is 11.9. The zero-order valence-electron chi connectivity index (χ0n) is 12.3. The Kier molecular flexibility index (Phi) is 4.86. The number of hydrogen-bond acceptors (Lipinski definition) is 3. The van der Waals surface area contributed by atoms with Gasteiger partial charge in [0, 0.05) is 38.1 Å². The highest BCUT2D eigenvalue weighted by atomic mass is 16.4. The van der Waals surface area contributed by atoms with Crippen LogP contribution in [0.15, 0.2) is 0 Å². The molecular weight excluding hydrogens is 258 g/mol. The fraction of sp³-hybridized carbons (Fsp3) is 0.857. The number of carbonyl (C=O) groups excluding carboxylic acids is 1. The van der Waals surface area contributed by atoms with Crippen LogP contribution in [0.3, 0.4) is 0 Å². The van der Waals surface area contributed by atoms with E-state index < -0.39 is 5.97 Å². The molecule has 2 aliphatic rings. The summed E-state index contributed by atoms with van der Waals surface area (Å²) in [5.41, 5.74) is 0. The molecule has 6 heteroatoms. The van der Waals surface area contributed by atoms with E-state index in [-0.39, 0.29) is 24.4 Å². The largest absolute Gasteiger partial charge is 0.481 e. The number of likely N-dealkylation sites (tertiary alicyclic amines) is 2. The molecular formula is C14H25N3O3. The number of carboxylic acids is 1. The Morgan fingerprint density at radius 1 is 1.30 bits per heavy atom. The highest BCUT2D eigenvalue weighted by Gasteiger charge is 2.30. The van der Waals surface area contributed by atoms with Crippen LogP contribution in [0.25, 0.3) is 0 Å². The zero-order chi connectivity index (χ0) is 14.7. The van der Waals surface area contributed by atoms with E-state index in [1.54, 1.807) is 4.90 Å². The summed E-state index contributed by atoms with van der Waals surface area (Å²) in [5.74, 6) is -0.670. The van der Waals surface area contributed by atoms with Crippen molar-refractivity contribution in [3.05, 3.63) is 0 Å². The Labute approximate surface area is 120 Å². The maximum Gasteiger partial charge on any atom is 0.317 e. The Balaban J connectivity index is 1.77. The molecule has 0 aromatic heterocycles. The number of piperidine rings is 1. The van der Waals surface area contributed by atoms with Crippen LogP contribution >= 0.6 is 0 Å². The second kappa shape index (κ2) is 6.43. The van der Waals surface area contributed by atoms with Gasteiger partial charge in [-0.2, -0.15) is 0 Å². The molecule has 2 heterocycles. The van der Waals surface area contributed by atoms with E-state index in [4.69, 9.17) is 5.11 Å². The standard InChI is InChI=1S/C14H25N3O3/c1-10-7-12(4-5-16(10)2)15-14(20)17-6-3-11(9-17)8-13(18)19/h10-12H,3-9H2,1-2H3,(H,15,20)(H,18,19). The van der Waals surface area contributed by atoms with Gasteiger partial charge in [0.1, 0.15) is 0 Å². The van der Waals surface area contributed by atoms with Crippen molar-refractivity contribution in [3.63, 3.8) is 0 Å². The Morgan fingerprint density at radius 3 is 2.70 bits per heavy atom. The highest BCUT2D eigenvalue weighted by Crippen LogP contribution is 2.20. The van der Waals surface area contributed by atoms with Crippen LogP contribution in [-0.4, -0.2) is 65.7 Å². The average molecular weight is 283 g/mol. The lowest BCUT2D eigenvalue weighted by Gasteiger charge is -2.36. The number of aliphatic carboxylic acids is 1. The molecule has 0 saturated carbocycles. The third kappa shape index (κ3) is 3.85. The zero-order valence-corrected chi connectivity index (χ0v) is 12.3. The number of carbonyl (C=O) groups is 2. The lowest BCUT2D eigenvalue weighted by atomic mass is 9.99. The number of carboxylic acid groups (broad SMARTS) is 1. The summed E-state index contributed by atoms with van der Waals surface area (Å²) in [7, 11) is 2.11. The van der Waals surface area contributed by atoms with Crippen LogP contribution < -0.4 is 5.32 Å². The molecule has 114 valence electrons. The first-order chi connectivity index (χ1) is 9.45. The number of nitrogens with one attached hydrogen (secondary N) is 1. The summed E-state index contributed by atoms with van der Waals surface area (Å²) in [6, 6.07) is 0.708. The molecule has 3 unspecified atom stereocenters. The van der Waals surface area contributed by atoms with Crippen molar-refractivity contribution in [2.24, 2.45) is 5.92 Å². The van der Waals surface area contributed by atoms with Crippen LogP contribution in [0.1, 0.15) is 32.6 Å². The van der Waals surface area contributed by atoms with Gasteiger partial charge in [-0.15, -0.1) is 0 Å². The van der Waals surface area contributed by atoms with Crippen LogP contribution in [0.4, 0.5) is 4.79 Å². The second-order valence-corrected chi connectivity index (χ2v) is 6.20. The van der Waals surface area contributed by atoms with Crippen LogP contribution in [0.5, 0.6) is 0 Å². The number of amides is 2. The van der Waals surface area contributed by atoms with E-state index in [0.717, 1.165) is 25.8 Å².